The Kier molecular flexibility index (Phi) is 6.43. The number of hydrogen-bond acceptors (Lipinski definition) is 4. The number of nitrogens with one attached hydrogen (secondary N) is 1. The summed E-state index contributed by atoms with van der Waals surface area (Å²) in [6.07, 6.45) is 1.40. The van der Waals surface area contributed by atoms with Crippen molar-refractivity contribution in [3.05, 3.63) is 72.3 Å². The number of para-hydroxylation sites is 1. The maximum absolute atomic E-state index is 13.8. The van der Waals surface area contributed by atoms with E-state index in [4.69, 9.17) is 0 Å². The van der Waals surface area contributed by atoms with Crippen LogP contribution in [0, 0.1) is 18.6 Å². The molecule has 2 amide bonds. The van der Waals surface area contributed by atoms with E-state index in [1.54, 1.807) is 31.2 Å². The number of benzene rings is 2. The molecule has 0 aromatic heterocycles. The van der Waals surface area contributed by atoms with Gasteiger partial charge in [-0.15, -0.1) is 6.58 Å². The molecule has 1 aliphatic rings. The zero-order chi connectivity index (χ0) is 21.0. The highest BCUT2D eigenvalue weighted by Crippen LogP contribution is 2.32. The molecule has 1 saturated heterocycles. The van der Waals surface area contributed by atoms with E-state index in [-0.39, 0.29) is 24.6 Å². The van der Waals surface area contributed by atoms with Crippen LogP contribution < -0.4 is 5.32 Å². The van der Waals surface area contributed by atoms with Crippen LogP contribution in [0.5, 0.6) is 0 Å². The van der Waals surface area contributed by atoms with Crippen LogP contribution in [-0.2, 0) is 9.59 Å². The van der Waals surface area contributed by atoms with Crippen LogP contribution >= 0.6 is 11.8 Å². The third-order valence-corrected chi connectivity index (χ3v) is 5.41. The smallest absolute Gasteiger partial charge is 0.242 e. The summed E-state index contributed by atoms with van der Waals surface area (Å²) in [5.41, 5.74) is 0.920. The maximum Gasteiger partial charge on any atom is 0.242 e. The minimum Gasteiger partial charge on any atom is -0.324 e. The molecule has 1 N–H and O–H groups in total. The molecule has 1 heterocycles. The van der Waals surface area contributed by atoms with Gasteiger partial charge in [0.25, 0.3) is 0 Å². The lowest BCUT2D eigenvalue weighted by Gasteiger charge is -2.14. The van der Waals surface area contributed by atoms with Gasteiger partial charge in [-0.3, -0.25) is 14.5 Å². The van der Waals surface area contributed by atoms with Crippen molar-refractivity contribution in [3.8, 4) is 0 Å². The molecular formula is C21H19F2N3O2S. The SMILES string of the molecule is C=CCN1C(=O)[C@H](CC(=O)Nc2ccccc2F)SC1=Nc1ccc(C)c(F)c1. The molecule has 1 fully saturated rings. The summed E-state index contributed by atoms with van der Waals surface area (Å²) in [6, 6.07) is 10.4. The number of anilines is 1. The summed E-state index contributed by atoms with van der Waals surface area (Å²) in [7, 11) is 0. The van der Waals surface area contributed by atoms with Crippen LogP contribution in [0.25, 0.3) is 0 Å². The molecule has 150 valence electrons. The van der Waals surface area contributed by atoms with Gasteiger partial charge in [-0.1, -0.05) is 36.0 Å². The van der Waals surface area contributed by atoms with Gasteiger partial charge >= 0.3 is 0 Å². The van der Waals surface area contributed by atoms with Gasteiger partial charge < -0.3 is 5.32 Å². The number of hydrogen-bond donors (Lipinski definition) is 1. The Morgan fingerprint density at radius 2 is 2.03 bits per heavy atom. The van der Waals surface area contributed by atoms with E-state index in [9.17, 15) is 18.4 Å². The fourth-order valence-electron chi connectivity index (χ4n) is 2.72. The van der Waals surface area contributed by atoms with E-state index in [0.29, 0.717) is 16.4 Å². The second kappa shape index (κ2) is 9.00. The molecule has 2 aromatic rings. The van der Waals surface area contributed by atoms with Crippen LogP contribution in [0.2, 0.25) is 0 Å². The van der Waals surface area contributed by atoms with Gasteiger partial charge in [0.1, 0.15) is 16.9 Å². The van der Waals surface area contributed by atoms with Gasteiger partial charge in [-0.05, 0) is 36.8 Å². The van der Waals surface area contributed by atoms with Crippen molar-refractivity contribution in [1.82, 2.24) is 4.90 Å². The normalized spacial score (nSPS) is 17.6. The Morgan fingerprint density at radius 3 is 2.72 bits per heavy atom. The minimum atomic E-state index is -0.712. The Balaban J connectivity index is 1.76. The minimum absolute atomic E-state index is 0.0555. The number of rotatable bonds is 6. The van der Waals surface area contributed by atoms with E-state index >= 15 is 0 Å². The van der Waals surface area contributed by atoms with Gasteiger partial charge in [0, 0.05) is 13.0 Å². The van der Waals surface area contributed by atoms with Crippen molar-refractivity contribution in [2.24, 2.45) is 4.99 Å². The average molecular weight is 415 g/mol. The van der Waals surface area contributed by atoms with Crippen molar-refractivity contribution >= 4 is 40.1 Å². The number of carbonyl (C=O) groups excluding carboxylic acids is 2. The first-order chi connectivity index (χ1) is 13.9. The van der Waals surface area contributed by atoms with E-state index < -0.39 is 22.8 Å². The third-order valence-electron chi connectivity index (χ3n) is 4.23. The number of amidine groups is 1. The molecule has 2 aromatic carbocycles. The zero-order valence-electron chi connectivity index (χ0n) is 15.7. The van der Waals surface area contributed by atoms with E-state index in [2.05, 4.69) is 16.9 Å². The van der Waals surface area contributed by atoms with Crippen LogP contribution in [0.3, 0.4) is 0 Å². The molecule has 5 nitrogen and oxygen atoms in total. The first-order valence-corrected chi connectivity index (χ1v) is 9.75. The molecule has 0 saturated carbocycles. The fraction of sp³-hybridized carbons (Fsp3) is 0.190. The molecule has 1 aliphatic heterocycles. The standard InChI is InChI=1S/C21H19F2N3O2S/c1-3-10-26-20(28)18(12-19(27)25-17-7-5-4-6-15(17)22)29-21(26)24-14-9-8-13(2)16(23)11-14/h3-9,11,18H,1,10,12H2,2H3,(H,25,27)/t18-/m0/s1. The predicted molar refractivity (Wildman–Crippen MR) is 111 cm³/mol. The highest BCUT2D eigenvalue weighted by Gasteiger charge is 2.38. The van der Waals surface area contributed by atoms with E-state index in [1.807, 2.05) is 0 Å². The Hall–Kier alpha value is -3.00. The summed E-state index contributed by atoms with van der Waals surface area (Å²) >= 11 is 1.12. The van der Waals surface area contributed by atoms with Gasteiger partial charge in [0.2, 0.25) is 11.8 Å². The maximum atomic E-state index is 13.8. The van der Waals surface area contributed by atoms with Gasteiger partial charge in [-0.2, -0.15) is 0 Å². The summed E-state index contributed by atoms with van der Waals surface area (Å²) in [6.45, 7) is 5.50. The Morgan fingerprint density at radius 1 is 1.28 bits per heavy atom. The largest absolute Gasteiger partial charge is 0.324 e. The first kappa shape index (κ1) is 20.7. The lowest BCUT2D eigenvalue weighted by atomic mass is 10.2. The molecule has 0 aliphatic carbocycles. The molecule has 8 heteroatoms. The molecule has 0 spiro atoms. The van der Waals surface area contributed by atoms with E-state index in [1.165, 1.54) is 29.2 Å². The Labute approximate surface area is 171 Å². The summed E-state index contributed by atoms with van der Waals surface area (Å²) < 4.78 is 27.5. The molecule has 0 unspecified atom stereocenters. The van der Waals surface area contributed by atoms with Crippen LogP contribution in [-0.4, -0.2) is 33.7 Å². The second-order valence-corrected chi connectivity index (χ2v) is 7.57. The third kappa shape index (κ3) is 4.89. The molecular weight excluding hydrogens is 396 g/mol. The van der Waals surface area contributed by atoms with Crippen molar-refractivity contribution < 1.29 is 18.4 Å². The van der Waals surface area contributed by atoms with Gasteiger partial charge in [0.05, 0.1) is 11.4 Å². The molecule has 3 rings (SSSR count). The van der Waals surface area contributed by atoms with Crippen molar-refractivity contribution in [2.75, 3.05) is 11.9 Å². The number of amides is 2. The summed E-state index contributed by atoms with van der Waals surface area (Å²) in [4.78, 5) is 30.8. The number of carbonyl (C=O) groups is 2. The number of halogens is 2. The first-order valence-electron chi connectivity index (χ1n) is 8.87. The highest BCUT2D eigenvalue weighted by atomic mass is 32.2. The Bertz CT molecular complexity index is 994. The van der Waals surface area contributed by atoms with Crippen molar-refractivity contribution in [1.29, 1.82) is 0 Å². The van der Waals surface area contributed by atoms with Crippen LogP contribution in [0.15, 0.2) is 60.1 Å². The van der Waals surface area contributed by atoms with Gasteiger partial charge in [0.15, 0.2) is 5.17 Å². The molecule has 29 heavy (non-hydrogen) atoms. The fourth-order valence-corrected chi connectivity index (χ4v) is 3.88. The van der Waals surface area contributed by atoms with E-state index in [0.717, 1.165) is 11.8 Å². The van der Waals surface area contributed by atoms with Crippen LogP contribution in [0.1, 0.15) is 12.0 Å². The number of thioether (sulfide) groups is 1. The predicted octanol–water partition coefficient (Wildman–Crippen LogP) is 4.42. The second-order valence-electron chi connectivity index (χ2n) is 6.40. The van der Waals surface area contributed by atoms with Crippen molar-refractivity contribution in [2.45, 2.75) is 18.6 Å². The molecule has 0 bridgehead atoms. The van der Waals surface area contributed by atoms with Crippen molar-refractivity contribution in [3.63, 3.8) is 0 Å². The summed E-state index contributed by atoms with van der Waals surface area (Å²) in [5.74, 6) is -1.73. The lowest BCUT2D eigenvalue weighted by molar-refractivity contribution is -0.127. The quantitative estimate of drug-likeness (QED) is 0.711. The zero-order valence-corrected chi connectivity index (χ0v) is 16.5. The van der Waals surface area contributed by atoms with Crippen LogP contribution in [0.4, 0.5) is 20.2 Å². The number of aryl methyl sites for hydroxylation is 1. The molecule has 0 radical (unpaired) electrons. The topological polar surface area (TPSA) is 61.8 Å². The highest BCUT2D eigenvalue weighted by molar-refractivity contribution is 8.15. The molecule has 1 atom stereocenters. The van der Waals surface area contributed by atoms with Gasteiger partial charge in [-0.25, -0.2) is 13.8 Å². The average Bonchev–Trinajstić information content (AvgIpc) is 2.95. The monoisotopic (exact) mass is 415 g/mol. The lowest BCUT2D eigenvalue weighted by Crippen LogP contribution is -2.33. The number of nitrogens with zero attached hydrogens (tertiary/aromatic N) is 2. The number of aliphatic imine (C=N–C) groups is 1. The summed E-state index contributed by atoms with van der Waals surface area (Å²) in [5, 5.41) is 2.13.